The lowest BCUT2D eigenvalue weighted by atomic mass is 10.0. The van der Waals surface area contributed by atoms with Crippen molar-refractivity contribution in [3.63, 3.8) is 0 Å². The smallest absolute Gasteiger partial charge is 0.255 e. The Morgan fingerprint density at radius 2 is 1.70 bits per heavy atom. The number of amides is 1. The highest BCUT2D eigenvalue weighted by molar-refractivity contribution is 7.89. The second-order valence-electron chi connectivity index (χ2n) is 6.77. The van der Waals surface area contributed by atoms with E-state index >= 15 is 0 Å². The van der Waals surface area contributed by atoms with Gasteiger partial charge in [0.05, 0.1) is 18.1 Å². The molecule has 1 fully saturated rings. The number of benzene rings is 2. The van der Waals surface area contributed by atoms with Gasteiger partial charge in [-0.05, 0) is 50.1 Å². The highest BCUT2D eigenvalue weighted by Crippen LogP contribution is 2.24. The van der Waals surface area contributed by atoms with Crippen molar-refractivity contribution in [2.45, 2.75) is 25.7 Å². The molecular formula is C20H24N2O4S. The van der Waals surface area contributed by atoms with Crippen LogP contribution in [0.15, 0.2) is 41.3 Å². The van der Waals surface area contributed by atoms with Gasteiger partial charge in [0, 0.05) is 24.3 Å². The van der Waals surface area contributed by atoms with Crippen LogP contribution in [0.5, 0.6) is 0 Å². The number of ether oxygens (including phenoxy) is 1. The fraction of sp³-hybridized carbons (Fsp3) is 0.350. The van der Waals surface area contributed by atoms with Gasteiger partial charge in [0.15, 0.2) is 0 Å². The van der Waals surface area contributed by atoms with Gasteiger partial charge in [0.1, 0.15) is 0 Å². The Labute approximate surface area is 160 Å². The minimum Gasteiger partial charge on any atom is -0.379 e. The van der Waals surface area contributed by atoms with Crippen molar-refractivity contribution >= 4 is 21.6 Å². The van der Waals surface area contributed by atoms with Gasteiger partial charge >= 0.3 is 0 Å². The number of hydrogen-bond donors (Lipinski definition) is 1. The van der Waals surface area contributed by atoms with E-state index in [0.717, 1.165) is 16.7 Å². The topological polar surface area (TPSA) is 75.7 Å². The minimum absolute atomic E-state index is 0.172. The zero-order chi connectivity index (χ0) is 19.6. The first-order chi connectivity index (χ1) is 12.8. The van der Waals surface area contributed by atoms with Crippen LogP contribution in [-0.2, 0) is 14.8 Å². The fourth-order valence-electron chi connectivity index (χ4n) is 3.09. The Balaban J connectivity index is 1.88. The molecular weight excluding hydrogens is 364 g/mol. The molecule has 1 saturated heterocycles. The van der Waals surface area contributed by atoms with Crippen LogP contribution in [0.4, 0.5) is 5.69 Å². The van der Waals surface area contributed by atoms with E-state index in [4.69, 9.17) is 4.74 Å². The molecule has 0 radical (unpaired) electrons. The van der Waals surface area contributed by atoms with Crippen molar-refractivity contribution in [2.75, 3.05) is 31.6 Å². The van der Waals surface area contributed by atoms with Crippen molar-refractivity contribution in [3.05, 3.63) is 58.7 Å². The zero-order valence-electron chi connectivity index (χ0n) is 15.8. The van der Waals surface area contributed by atoms with Crippen molar-refractivity contribution in [2.24, 2.45) is 0 Å². The summed E-state index contributed by atoms with van der Waals surface area (Å²) in [6.07, 6.45) is 0. The monoisotopic (exact) mass is 388 g/mol. The van der Waals surface area contributed by atoms with Crippen LogP contribution in [0.25, 0.3) is 0 Å². The molecule has 0 aromatic heterocycles. The molecule has 1 heterocycles. The predicted molar refractivity (Wildman–Crippen MR) is 105 cm³/mol. The molecule has 0 spiro atoms. The van der Waals surface area contributed by atoms with E-state index in [1.807, 2.05) is 32.9 Å². The highest BCUT2D eigenvalue weighted by Gasteiger charge is 2.27. The van der Waals surface area contributed by atoms with E-state index in [1.54, 1.807) is 18.2 Å². The lowest BCUT2D eigenvalue weighted by Gasteiger charge is -2.26. The molecule has 6 nitrogen and oxygen atoms in total. The van der Waals surface area contributed by atoms with Crippen molar-refractivity contribution in [3.8, 4) is 0 Å². The van der Waals surface area contributed by atoms with E-state index in [2.05, 4.69) is 5.32 Å². The summed E-state index contributed by atoms with van der Waals surface area (Å²) in [7, 11) is -3.61. The summed E-state index contributed by atoms with van der Waals surface area (Å²) in [5.74, 6) is -0.253. The summed E-state index contributed by atoms with van der Waals surface area (Å²) in [6.45, 7) is 7.14. The minimum atomic E-state index is -3.61. The molecule has 1 amide bonds. The first-order valence-corrected chi connectivity index (χ1v) is 10.3. The van der Waals surface area contributed by atoms with Crippen molar-refractivity contribution in [1.82, 2.24) is 4.31 Å². The SMILES string of the molecule is Cc1ccc(C(=O)Nc2cc(S(=O)(=O)N3CCOCC3)ccc2C)c(C)c1. The lowest BCUT2D eigenvalue weighted by molar-refractivity contribution is 0.0730. The predicted octanol–water partition coefficient (Wildman–Crippen LogP) is 2.89. The summed E-state index contributed by atoms with van der Waals surface area (Å²) < 4.78 is 32.4. The van der Waals surface area contributed by atoms with Crippen LogP contribution in [0.3, 0.4) is 0 Å². The van der Waals surface area contributed by atoms with Crippen LogP contribution in [0.2, 0.25) is 0 Å². The van der Waals surface area contributed by atoms with Gasteiger partial charge in [-0.15, -0.1) is 0 Å². The van der Waals surface area contributed by atoms with E-state index < -0.39 is 10.0 Å². The molecule has 0 atom stereocenters. The number of aryl methyl sites for hydroxylation is 3. The Kier molecular flexibility index (Phi) is 5.64. The largest absolute Gasteiger partial charge is 0.379 e. The van der Waals surface area contributed by atoms with E-state index in [9.17, 15) is 13.2 Å². The van der Waals surface area contributed by atoms with Gasteiger partial charge < -0.3 is 10.1 Å². The number of anilines is 1. The van der Waals surface area contributed by atoms with E-state index in [0.29, 0.717) is 37.6 Å². The molecule has 27 heavy (non-hydrogen) atoms. The lowest BCUT2D eigenvalue weighted by Crippen LogP contribution is -2.40. The fourth-order valence-corrected chi connectivity index (χ4v) is 4.52. The standard InChI is InChI=1S/C20H24N2O4S/c1-14-4-7-18(16(3)12-14)20(23)21-19-13-17(6-5-15(19)2)27(24,25)22-8-10-26-11-9-22/h4-7,12-13H,8-11H2,1-3H3,(H,21,23). The third-order valence-corrected chi connectivity index (χ3v) is 6.59. The molecule has 3 rings (SSSR count). The second-order valence-corrected chi connectivity index (χ2v) is 8.70. The van der Waals surface area contributed by atoms with E-state index in [1.165, 1.54) is 10.4 Å². The molecule has 1 aliphatic rings. The van der Waals surface area contributed by atoms with Crippen LogP contribution in [-0.4, -0.2) is 44.9 Å². The third kappa shape index (κ3) is 4.21. The summed E-state index contributed by atoms with van der Waals surface area (Å²) in [6, 6.07) is 10.4. The first kappa shape index (κ1) is 19.5. The molecule has 144 valence electrons. The van der Waals surface area contributed by atoms with Crippen LogP contribution in [0, 0.1) is 20.8 Å². The number of sulfonamides is 1. The summed E-state index contributed by atoms with van der Waals surface area (Å²) in [5, 5.41) is 2.86. The molecule has 0 bridgehead atoms. The molecule has 1 N–H and O–H groups in total. The van der Waals surface area contributed by atoms with Crippen molar-refractivity contribution < 1.29 is 17.9 Å². The number of nitrogens with one attached hydrogen (secondary N) is 1. The van der Waals surface area contributed by atoms with Gasteiger partial charge in [-0.2, -0.15) is 4.31 Å². The molecule has 2 aromatic carbocycles. The molecule has 7 heteroatoms. The maximum absolute atomic E-state index is 12.9. The van der Waals surface area contributed by atoms with Gasteiger partial charge in [0.25, 0.3) is 5.91 Å². The summed E-state index contributed by atoms with van der Waals surface area (Å²) in [4.78, 5) is 12.8. The zero-order valence-corrected chi connectivity index (χ0v) is 16.6. The third-order valence-electron chi connectivity index (χ3n) is 4.69. The Hall–Kier alpha value is -2.22. The maximum Gasteiger partial charge on any atom is 0.255 e. The number of rotatable bonds is 4. The van der Waals surface area contributed by atoms with Crippen LogP contribution >= 0.6 is 0 Å². The number of carbonyl (C=O) groups excluding carboxylic acids is 1. The average molecular weight is 388 g/mol. The van der Waals surface area contributed by atoms with Gasteiger partial charge in [-0.25, -0.2) is 8.42 Å². The first-order valence-electron chi connectivity index (χ1n) is 8.86. The molecule has 0 aliphatic carbocycles. The van der Waals surface area contributed by atoms with Gasteiger partial charge in [-0.1, -0.05) is 23.8 Å². The quantitative estimate of drug-likeness (QED) is 0.874. The average Bonchev–Trinajstić information content (AvgIpc) is 2.64. The number of carbonyl (C=O) groups is 1. The Morgan fingerprint density at radius 1 is 1.00 bits per heavy atom. The van der Waals surface area contributed by atoms with Crippen LogP contribution in [0.1, 0.15) is 27.0 Å². The number of morpholine rings is 1. The van der Waals surface area contributed by atoms with Gasteiger partial charge in [-0.3, -0.25) is 4.79 Å². The normalized spacial score (nSPS) is 15.5. The Morgan fingerprint density at radius 3 is 2.37 bits per heavy atom. The molecule has 0 unspecified atom stereocenters. The number of nitrogens with zero attached hydrogens (tertiary/aromatic N) is 1. The molecule has 2 aromatic rings. The maximum atomic E-state index is 12.9. The Bertz CT molecular complexity index is 964. The van der Waals surface area contributed by atoms with E-state index in [-0.39, 0.29) is 10.8 Å². The van der Waals surface area contributed by atoms with Gasteiger partial charge in [0.2, 0.25) is 10.0 Å². The van der Waals surface area contributed by atoms with Crippen LogP contribution < -0.4 is 5.32 Å². The summed E-state index contributed by atoms with van der Waals surface area (Å²) >= 11 is 0. The molecule has 0 saturated carbocycles. The molecule has 1 aliphatic heterocycles. The highest BCUT2D eigenvalue weighted by atomic mass is 32.2. The summed E-state index contributed by atoms with van der Waals surface area (Å²) in [5.41, 5.74) is 3.82. The number of hydrogen-bond acceptors (Lipinski definition) is 4. The van der Waals surface area contributed by atoms with Crippen molar-refractivity contribution in [1.29, 1.82) is 0 Å². The second kappa shape index (κ2) is 7.80.